The molecule has 5 heteroatoms. The van der Waals surface area contributed by atoms with Gasteiger partial charge in [0.25, 0.3) is 0 Å². The number of carbonyl (C=O) groups is 1. The van der Waals surface area contributed by atoms with Crippen LogP contribution in [0.5, 0.6) is 5.75 Å². The number of piperidine rings is 1. The minimum Gasteiger partial charge on any atom is -0.493 e. The lowest BCUT2D eigenvalue weighted by atomic mass is 9.88. The average molecular weight is 522 g/mol. The Morgan fingerprint density at radius 3 is 2.50 bits per heavy atom. The highest BCUT2D eigenvalue weighted by molar-refractivity contribution is 5.68. The van der Waals surface area contributed by atoms with E-state index in [1.165, 1.54) is 29.7 Å². The molecule has 1 atom stereocenters. The van der Waals surface area contributed by atoms with Crippen molar-refractivity contribution in [2.75, 3.05) is 31.7 Å². The smallest absolute Gasteiger partial charge is 0.303 e. The Morgan fingerprint density at radius 1 is 1.08 bits per heavy atom. The van der Waals surface area contributed by atoms with Gasteiger partial charge in [-0.05, 0) is 103 Å². The molecule has 208 valence electrons. The average Bonchev–Trinajstić information content (AvgIpc) is 3.72. The van der Waals surface area contributed by atoms with Crippen molar-refractivity contribution >= 4 is 11.7 Å². The van der Waals surface area contributed by atoms with Crippen molar-refractivity contribution in [3.05, 3.63) is 59.2 Å². The molecule has 2 aromatic carbocycles. The Kier molecular flexibility index (Phi) is 9.75. The zero-order valence-electron chi connectivity index (χ0n) is 23.9. The van der Waals surface area contributed by atoms with Crippen molar-refractivity contribution < 1.29 is 19.4 Å². The summed E-state index contributed by atoms with van der Waals surface area (Å²) in [5, 5.41) is 9.36. The SMILES string of the molecule is COCc1ccc(CCCC(C)(C)C)c(N2CCC(COc3cccc(C(CC(=O)O)C4CC4)c3)CC2)c1. The van der Waals surface area contributed by atoms with Gasteiger partial charge in [0.05, 0.1) is 19.6 Å². The third-order valence-electron chi connectivity index (χ3n) is 8.15. The van der Waals surface area contributed by atoms with Crippen LogP contribution in [-0.2, 0) is 22.6 Å². The van der Waals surface area contributed by atoms with Crippen LogP contribution in [0.25, 0.3) is 0 Å². The van der Waals surface area contributed by atoms with Crippen LogP contribution >= 0.6 is 0 Å². The maximum atomic E-state index is 11.4. The van der Waals surface area contributed by atoms with Gasteiger partial charge in [-0.15, -0.1) is 0 Å². The normalized spacial score (nSPS) is 17.4. The van der Waals surface area contributed by atoms with Gasteiger partial charge in [-0.3, -0.25) is 4.79 Å². The number of ether oxygens (including phenoxy) is 2. The molecule has 0 radical (unpaired) electrons. The van der Waals surface area contributed by atoms with Crippen molar-refractivity contribution in [2.24, 2.45) is 17.3 Å². The van der Waals surface area contributed by atoms with E-state index >= 15 is 0 Å². The number of hydrogen-bond acceptors (Lipinski definition) is 4. The van der Waals surface area contributed by atoms with Gasteiger partial charge in [-0.25, -0.2) is 0 Å². The predicted molar refractivity (Wildman–Crippen MR) is 154 cm³/mol. The fourth-order valence-electron chi connectivity index (χ4n) is 5.81. The van der Waals surface area contributed by atoms with Crippen LogP contribution in [0, 0.1) is 17.3 Å². The van der Waals surface area contributed by atoms with E-state index in [-0.39, 0.29) is 12.3 Å². The summed E-state index contributed by atoms with van der Waals surface area (Å²) in [6.45, 7) is 10.4. The maximum absolute atomic E-state index is 11.4. The number of nitrogens with zero attached hydrogens (tertiary/aromatic N) is 1. The van der Waals surface area contributed by atoms with Gasteiger partial charge in [-0.1, -0.05) is 45.0 Å². The van der Waals surface area contributed by atoms with Crippen LogP contribution in [0.15, 0.2) is 42.5 Å². The second-order valence-electron chi connectivity index (χ2n) is 12.7. The Bertz CT molecular complexity index is 1050. The molecule has 0 bridgehead atoms. The summed E-state index contributed by atoms with van der Waals surface area (Å²) in [5.74, 6) is 1.29. The lowest BCUT2D eigenvalue weighted by molar-refractivity contribution is -0.137. The number of benzene rings is 2. The van der Waals surface area contributed by atoms with Crippen molar-refractivity contribution in [3.8, 4) is 5.75 Å². The molecule has 38 heavy (non-hydrogen) atoms. The molecule has 0 spiro atoms. The predicted octanol–water partition coefficient (Wildman–Crippen LogP) is 7.47. The molecule has 1 aliphatic carbocycles. The van der Waals surface area contributed by atoms with Crippen LogP contribution in [0.1, 0.15) is 88.3 Å². The summed E-state index contributed by atoms with van der Waals surface area (Å²) < 4.78 is 11.7. The first-order valence-corrected chi connectivity index (χ1v) is 14.5. The lowest BCUT2D eigenvalue weighted by Gasteiger charge is -2.35. The zero-order chi connectivity index (χ0) is 27.1. The van der Waals surface area contributed by atoms with E-state index < -0.39 is 5.97 Å². The van der Waals surface area contributed by atoms with Gasteiger partial charge in [0.1, 0.15) is 5.75 Å². The molecule has 1 saturated carbocycles. The van der Waals surface area contributed by atoms with Gasteiger partial charge in [0.2, 0.25) is 0 Å². The number of aliphatic carboxylic acids is 1. The van der Waals surface area contributed by atoms with Crippen LogP contribution in [-0.4, -0.2) is 37.9 Å². The quantitative estimate of drug-likeness (QED) is 0.296. The first kappa shape index (κ1) is 28.5. The second-order valence-corrected chi connectivity index (χ2v) is 12.7. The fourth-order valence-corrected chi connectivity index (χ4v) is 5.81. The van der Waals surface area contributed by atoms with Gasteiger partial charge in [0.15, 0.2) is 0 Å². The molecule has 1 aliphatic heterocycles. The Balaban J connectivity index is 1.33. The summed E-state index contributed by atoms with van der Waals surface area (Å²) >= 11 is 0. The summed E-state index contributed by atoms with van der Waals surface area (Å²) in [6.07, 6.45) is 8.24. The number of aryl methyl sites for hydroxylation is 1. The number of hydrogen-bond donors (Lipinski definition) is 1. The molecule has 2 aliphatic rings. The number of methoxy groups -OCH3 is 1. The van der Waals surface area contributed by atoms with E-state index in [0.717, 1.165) is 56.5 Å². The Labute approximate surface area is 229 Å². The van der Waals surface area contributed by atoms with Crippen LogP contribution < -0.4 is 9.64 Å². The molecular weight excluding hydrogens is 474 g/mol. The van der Waals surface area contributed by atoms with E-state index in [0.29, 0.717) is 30.5 Å². The Hall–Kier alpha value is -2.53. The lowest BCUT2D eigenvalue weighted by Crippen LogP contribution is -2.36. The highest BCUT2D eigenvalue weighted by atomic mass is 16.5. The zero-order valence-corrected chi connectivity index (χ0v) is 23.9. The van der Waals surface area contributed by atoms with E-state index in [9.17, 15) is 9.90 Å². The first-order chi connectivity index (χ1) is 18.2. The van der Waals surface area contributed by atoms with Crippen LogP contribution in [0.3, 0.4) is 0 Å². The van der Waals surface area contributed by atoms with E-state index in [2.05, 4.69) is 56.0 Å². The van der Waals surface area contributed by atoms with Crippen LogP contribution in [0.4, 0.5) is 5.69 Å². The van der Waals surface area contributed by atoms with E-state index in [4.69, 9.17) is 9.47 Å². The van der Waals surface area contributed by atoms with Crippen molar-refractivity contribution in [1.82, 2.24) is 0 Å². The summed E-state index contributed by atoms with van der Waals surface area (Å²) in [5.41, 5.74) is 5.54. The molecule has 1 N–H and O–H groups in total. The van der Waals surface area contributed by atoms with Crippen molar-refractivity contribution in [3.63, 3.8) is 0 Å². The molecule has 4 rings (SSSR count). The molecule has 1 saturated heterocycles. The number of carboxylic acids is 1. The summed E-state index contributed by atoms with van der Waals surface area (Å²) in [7, 11) is 1.76. The number of rotatable bonds is 13. The van der Waals surface area contributed by atoms with Crippen molar-refractivity contribution in [2.45, 2.75) is 84.7 Å². The molecular formula is C33H47NO4. The first-order valence-electron chi connectivity index (χ1n) is 14.5. The monoisotopic (exact) mass is 521 g/mol. The standard InChI is InChI=1S/C33H47NO4/c1-33(2,3)16-6-8-27-11-10-25(22-37-4)19-31(27)34-17-14-24(15-18-34)23-38-29-9-5-7-28(20-29)30(21-32(35)36)26-12-13-26/h5,7,9-11,19-20,24,26,30H,6,8,12-18,21-23H2,1-4H3,(H,35,36). The summed E-state index contributed by atoms with van der Waals surface area (Å²) in [6, 6.07) is 15.0. The van der Waals surface area contributed by atoms with Gasteiger partial charge in [-0.2, -0.15) is 0 Å². The molecule has 1 unspecified atom stereocenters. The van der Waals surface area contributed by atoms with Gasteiger partial charge >= 0.3 is 5.97 Å². The fraction of sp³-hybridized carbons (Fsp3) is 0.606. The molecule has 5 nitrogen and oxygen atoms in total. The largest absolute Gasteiger partial charge is 0.493 e. The van der Waals surface area contributed by atoms with E-state index in [1.807, 2.05) is 12.1 Å². The minimum atomic E-state index is -0.718. The third-order valence-corrected chi connectivity index (χ3v) is 8.15. The van der Waals surface area contributed by atoms with E-state index in [1.54, 1.807) is 7.11 Å². The third kappa shape index (κ3) is 8.49. The highest BCUT2D eigenvalue weighted by Crippen LogP contribution is 2.45. The highest BCUT2D eigenvalue weighted by Gasteiger charge is 2.34. The van der Waals surface area contributed by atoms with Gasteiger partial charge in [0, 0.05) is 25.9 Å². The molecule has 2 fully saturated rings. The van der Waals surface area contributed by atoms with Gasteiger partial charge < -0.3 is 19.5 Å². The second kappa shape index (κ2) is 13.0. The minimum absolute atomic E-state index is 0.103. The Morgan fingerprint density at radius 2 is 1.84 bits per heavy atom. The molecule has 0 aromatic heterocycles. The number of anilines is 1. The summed E-state index contributed by atoms with van der Waals surface area (Å²) in [4.78, 5) is 13.9. The molecule has 0 amide bonds. The van der Waals surface area contributed by atoms with Crippen molar-refractivity contribution in [1.29, 1.82) is 0 Å². The topological polar surface area (TPSA) is 59.0 Å². The molecule has 1 heterocycles. The number of carboxylic acid groups (broad SMARTS) is 1. The molecule has 2 aromatic rings. The van der Waals surface area contributed by atoms with Crippen LogP contribution in [0.2, 0.25) is 0 Å². The maximum Gasteiger partial charge on any atom is 0.303 e.